The molecular weight excluding hydrogens is 254 g/mol. The van der Waals surface area contributed by atoms with E-state index in [0.29, 0.717) is 30.8 Å². The van der Waals surface area contributed by atoms with Gasteiger partial charge in [-0.25, -0.2) is 0 Å². The molecule has 1 aromatic carbocycles. The molecule has 1 amide bonds. The number of amides is 1. The van der Waals surface area contributed by atoms with Crippen molar-refractivity contribution in [1.82, 2.24) is 4.90 Å². The lowest BCUT2D eigenvalue weighted by Crippen LogP contribution is -2.37. The number of nitrogens with zero attached hydrogens (tertiary/aromatic N) is 2. The number of nitrogens with one attached hydrogen (secondary N) is 1. The van der Waals surface area contributed by atoms with Crippen LogP contribution >= 0.6 is 0 Å². The van der Waals surface area contributed by atoms with Crippen LogP contribution in [-0.2, 0) is 4.79 Å². The molecule has 0 saturated heterocycles. The van der Waals surface area contributed by atoms with Gasteiger partial charge in [-0.05, 0) is 45.2 Å². The van der Waals surface area contributed by atoms with Crippen LogP contribution in [0.25, 0.3) is 0 Å². The topological polar surface area (TPSA) is 76.4 Å². The van der Waals surface area contributed by atoms with Crippen LogP contribution < -0.4 is 5.32 Å². The van der Waals surface area contributed by atoms with Crippen molar-refractivity contribution in [3.63, 3.8) is 0 Å². The van der Waals surface area contributed by atoms with Crippen LogP contribution in [0.3, 0.4) is 0 Å². The molecule has 0 spiro atoms. The van der Waals surface area contributed by atoms with E-state index in [2.05, 4.69) is 5.32 Å². The maximum Gasteiger partial charge on any atom is 0.225 e. The van der Waals surface area contributed by atoms with Crippen molar-refractivity contribution < 1.29 is 9.90 Å². The summed E-state index contributed by atoms with van der Waals surface area (Å²) in [6, 6.07) is 8.76. The molecule has 0 aromatic heterocycles. The predicted molar refractivity (Wildman–Crippen MR) is 78.2 cm³/mol. The smallest absolute Gasteiger partial charge is 0.225 e. The first kappa shape index (κ1) is 16.2. The van der Waals surface area contributed by atoms with E-state index >= 15 is 0 Å². The highest BCUT2D eigenvalue weighted by atomic mass is 16.3. The lowest BCUT2D eigenvalue weighted by molar-refractivity contribution is -0.116. The molecule has 20 heavy (non-hydrogen) atoms. The number of nitriles is 1. The van der Waals surface area contributed by atoms with E-state index in [9.17, 15) is 9.90 Å². The summed E-state index contributed by atoms with van der Waals surface area (Å²) in [6.07, 6.45) is 0.354. The van der Waals surface area contributed by atoms with Crippen molar-refractivity contribution in [3.05, 3.63) is 29.8 Å². The molecule has 108 valence electrons. The Bertz CT molecular complexity index is 483. The van der Waals surface area contributed by atoms with Gasteiger partial charge in [0.05, 0.1) is 17.2 Å². The summed E-state index contributed by atoms with van der Waals surface area (Å²) in [7, 11) is 1.87. The van der Waals surface area contributed by atoms with E-state index in [1.165, 1.54) is 0 Å². The average Bonchev–Trinajstić information content (AvgIpc) is 2.35. The lowest BCUT2D eigenvalue weighted by Gasteiger charge is -2.25. The number of hydrogen-bond donors (Lipinski definition) is 2. The van der Waals surface area contributed by atoms with Crippen LogP contribution in [0.1, 0.15) is 25.8 Å². The average molecular weight is 275 g/mol. The van der Waals surface area contributed by atoms with Gasteiger partial charge in [-0.15, -0.1) is 0 Å². The lowest BCUT2D eigenvalue weighted by atomic mass is 10.1. The molecule has 0 fully saturated rings. The molecule has 2 N–H and O–H groups in total. The standard InChI is InChI=1S/C15H21N3O2/c1-15(2,20)11-18(3)9-8-14(19)17-13-6-4-12(10-16)5-7-13/h4-7,20H,8-9,11H2,1-3H3,(H,17,19). The highest BCUT2D eigenvalue weighted by Gasteiger charge is 2.16. The molecule has 0 saturated carbocycles. The van der Waals surface area contributed by atoms with Crippen LogP contribution in [0.15, 0.2) is 24.3 Å². The number of rotatable bonds is 6. The molecule has 5 heteroatoms. The first-order valence-corrected chi connectivity index (χ1v) is 6.51. The second-order valence-corrected chi connectivity index (χ2v) is 5.54. The Hall–Kier alpha value is -1.90. The number of anilines is 1. The molecule has 0 aliphatic rings. The Morgan fingerprint density at radius 2 is 2.00 bits per heavy atom. The molecule has 0 aliphatic carbocycles. The summed E-state index contributed by atoms with van der Waals surface area (Å²) in [5.74, 6) is -0.0858. The largest absolute Gasteiger partial charge is 0.389 e. The van der Waals surface area contributed by atoms with Crippen molar-refractivity contribution in [1.29, 1.82) is 5.26 Å². The zero-order chi connectivity index (χ0) is 15.2. The number of benzene rings is 1. The van der Waals surface area contributed by atoms with E-state index in [-0.39, 0.29) is 5.91 Å². The monoisotopic (exact) mass is 275 g/mol. The van der Waals surface area contributed by atoms with Crippen LogP contribution in [0.5, 0.6) is 0 Å². The van der Waals surface area contributed by atoms with Crippen molar-refractivity contribution in [3.8, 4) is 6.07 Å². The Kier molecular flexibility index (Phi) is 5.68. The minimum atomic E-state index is -0.766. The van der Waals surface area contributed by atoms with E-state index in [0.717, 1.165) is 0 Å². The van der Waals surface area contributed by atoms with Crippen LogP contribution in [-0.4, -0.2) is 41.7 Å². The first-order chi connectivity index (χ1) is 9.30. The van der Waals surface area contributed by atoms with Crippen molar-refractivity contribution in [2.45, 2.75) is 25.9 Å². The van der Waals surface area contributed by atoms with Gasteiger partial charge < -0.3 is 15.3 Å². The molecule has 0 atom stereocenters. The number of carbonyl (C=O) groups is 1. The van der Waals surface area contributed by atoms with Crippen molar-refractivity contribution >= 4 is 11.6 Å². The summed E-state index contributed by atoms with van der Waals surface area (Å²) in [4.78, 5) is 13.7. The van der Waals surface area contributed by atoms with E-state index in [1.54, 1.807) is 38.1 Å². The fourth-order valence-corrected chi connectivity index (χ4v) is 1.88. The fourth-order valence-electron chi connectivity index (χ4n) is 1.88. The Morgan fingerprint density at radius 3 is 2.50 bits per heavy atom. The summed E-state index contributed by atoms with van der Waals surface area (Å²) in [5.41, 5.74) is 0.477. The number of aliphatic hydroxyl groups is 1. The highest BCUT2D eigenvalue weighted by Crippen LogP contribution is 2.09. The van der Waals surface area contributed by atoms with Gasteiger partial charge in [-0.3, -0.25) is 4.79 Å². The Labute approximate surface area is 119 Å². The molecular formula is C15H21N3O2. The fraction of sp³-hybridized carbons (Fsp3) is 0.467. The van der Waals surface area contributed by atoms with Crippen LogP contribution in [0.4, 0.5) is 5.69 Å². The zero-order valence-corrected chi connectivity index (χ0v) is 12.2. The number of likely N-dealkylation sites (N-methyl/N-ethyl adjacent to an activating group) is 1. The zero-order valence-electron chi connectivity index (χ0n) is 12.2. The SMILES string of the molecule is CN(CCC(=O)Nc1ccc(C#N)cc1)CC(C)(C)O. The van der Waals surface area contributed by atoms with Gasteiger partial charge in [0.2, 0.25) is 5.91 Å². The third-order valence-corrected chi connectivity index (χ3v) is 2.68. The summed E-state index contributed by atoms with van der Waals surface area (Å²) in [6.45, 7) is 4.56. The molecule has 0 heterocycles. The molecule has 5 nitrogen and oxygen atoms in total. The predicted octanol–water partition coefficient (Wildman–Crippen LogP) is 1.59. The summed E-state index contributed by atoms with van der Waals surface area (Å²) < 4.78 is 0. The quantitative estimate of drug-likeness (QED) is 0.826. The number of hydrogen-bond acceptors (Lipinski definition) is 4. The molecule has 0 radical (unpaired) electrons. The van der Waals surface area contributed by atoms with Gasteiger partial charge in [0.1, 0.15) is 0 Å². The van der Waals surface area contributed by atoms with Crippen LogP contribution in [0, 0.1) is 11.3 Å². The minimum absolute atomic E-state index is 0.0858. The molecule has 0 bridgehead atoms. The summed E-state index contributed by atoms with van der Waals surface area (Å²) in [5, 5.41) is 21.1. The molecule has 0 unspecified atom stereocenters. The van der Waals surface area contributed by atoms with Crippen molar-refractivity contribution in [2.75, 3.05) is 25.5 Å². The van der Waals surface area contributed by atoms with Gasteiger partial charge in [0, 0.05) is 25.2 Å². The Balaban J connectivity index is 2.38. The van der Waals surface area contributed by atoms with Gasteiger partial charge in [-0.1, -0.05) is 0 Å². The maximum atomic E-state index is 11.8. The highest BCUT2D eigenvalue weighted by molar-refractivity contribution is 5.90. The number of carbonyl (C=O) groups excluding carboxylic acids is 1. The third kappa shape index (κ3) is 6.32. The maximum absolute atomic E-state index is 11.8. The van der Waals surface area contributed by atoms with E-state index < -0.39 is 5.60 Å². The van der Waals surface area contributed by atoms with Crippen LogP contribution in [0.2, 0.25) is 0 Å². The molecule has 1 aromatic rings. The van der Waals surface area contributed by atoms with Gasteiger partial charge in [0.15, 0.2) is 0 Å². The Morgan fingerprint density at radius 1 is 1.40 bits per heavy atom. The molecule has 1 rings (SSSR count). The van der Waals surface area contributed by atoms with Gasteiger partial charge >= 0.3 is 0 Å². The summed E-state index contributed by atoms with van der Waals surface area (Å²) >= 11 is 0. The van der Waals surface area contributed by atoms with Gasteiger partial charge in [0.25, 0.3) is 0 Å². The second kappa shape index (κ2) is 7.04. The van der Waals surface area contributed by atoms with Gasteiger partial charge in [-0.2, -0.15) is 5.26 Å². The first-order valence-electron chi connectivity index (χ1n) is 6.51. The van der Waals surface area contributed by atoms with E-state index in [4.69, 9.17) is 5.26 Å². The second-order valence-electron chi connectivity index (χ2n) is 5.54. The van der Waals surface area contributed by atoms with E-state index in [1.807, 2.05) is 18.0 Å². The minimum Gasteiger partial charge on any atom is -0.389 e. The van der Waals surface area contributed by atoms with Crippen molar-refractivity contribution in [2.24, 2.45) is 0 Å². The normalized spacial score (nSPS) is 11.2. The third-order valence-electron chi connectivity index (χ3n) is 2.68. The molecule has 0 aliphatic heterocycles.